The number of aryl methyl sites for hydroxylation is 2. The zero-order valence-electron chi connectivity index (χ0n) is 18.5. The molecule has 1 atom stereocenters. The monoisotopic (exact) mass is 427 g/mol. The summed E-state index contributed by atoms with van der Waals surface area (Å²) in [6.45, 7) is 3.12. The molecule has 2 heterocycles. The first-order valence-electron chi connectivity index (χ1n) is 11.2. The number of carbonyl (C=O) groups excluding carboxylic acids is 2. The number of piperazine rings is 1. The van der Waals surface area contributed by atoms with Crippen LogP contribution in [-0.2, 0) is 22.4 Å². The average molecular weight is 428 g/mol. The molecule has 1 saturated heterocycles. The van der Waals surface area contributed by atoms with Gasteiger partial charge in [0, 0.05) is 37.8 Å². The molecule has 3 aromatic rings. The van der Waals surface area contributed by atoms with E-state index in [9.17, 15) is 9.59 Å². The summed E-state index contributed by atoms with van der Waals surface area (Å²) in [6.07, 6.45) is 4.17. The summed E-state index contributed by atoms with van der Waals surface area (Å²) >= 11 is 0. The van der Waals surface area contributed by atoms with E-state index in [2.05, 4.69) is 47.6 Å². The van der Waals surface area contributed by atoms with Gasteiger partial charge in [0.2, 0.25) is 11.8 Å². The summed E-state index contributed by atoms with van der Waals surface area (Å²) in [5, 5.41) is 2.94. The van der Waals surface area contributed by atoms with Gasteiger partial charge in [0.25, 0.3) is 0 Å². The van der Waals surface area contributed by atoms with Crippen molar-refractivity contribution in [3.05, 3.63) is 89.7 Å². The normalized spacial score (nSPS) is 16.0. The lowest BCUT2D eigenvalue weighted by molar-refractivity contribution is -0.143. The van der Waals surface area contributed by atoms with Crippen molar-refractivity contribution in [2.45, 2.75) is 38.6 Å². The van der Waals surface area contributed by atoms with Crippen molar-refractivity contribution in [1.82, 2.24) is 15.2 Å². The van der Waals surface area contributed by atoms with Gasteiger partial charge < -0.3 is 10.2 Å². The summed E-state index contributed by atoms with van der Waals surface area (Å²) < 4.78 is 0. The third-order valence-electron chi connectivity index (χ3n) is 5.96. The summed E-state index contributed by atoms with van der Waals surface area (Å²) in [5.74, 6) is -0.0396. The van der Waals surface area contributed by atoms with Crippen LogP contribution in [0.15, 0.2) is 72.9 Å². The third-order valence-corrected chi connectivity index (χ3v) is 5.96. The predicted molar refractivity (Wildman–Crippen MR) is 126 cm³/mol. The van der Waals surface area contributed by atoms with E-state index in [1.807, 2.05) is 36.4 Å². The molecule has 164 valence electrons. The molecular formula is C27H29N3O2. The SMILES string of the molecule is Cc1cccc(-c2ccccc2C[C@@H]2C(=O)NCCN2C(=O)CCCc2ccccn2)c1. The molecule has 0 radical (unpaired) electrons. The topological polar surface area (TPSA) is 62.3 Å². The molecule has 5 nitrogen and oxygen atoms in total. The Morgan fingerprint density at radius 2 is 1.94 bits per heavy atom. The third kappa shape index (κ3) is 5.22. The Hall–Kier alpha value is -3.47. The Morgan fingerprint density at radius 3 is 2.75 bits per heavy atom. The molecule has 1 aromatic heterocycles. The number of nitrogens with zero attached hydrogens (tertiary/aromatic N) is 2. The number of hydrogen-bond donors (Lipinski definition) is 1. The van der Waals surface area contributed by atoms with Crippen LogP contribution in [0.1, 0.15) is 29.7 Å². The second-order valence-electron chi connectivity index (χ2n) is 8.30. The maximum absolute atomic E-state index is 13.1. The first kappa shape index (κ1) is 21.8. The van der Waals surface area contributed by atoms with Gasteiger partial charge in [-0.25, -0.2) is 0 Å². The molecule has 0 saturated carbocycles. The number of aromatic nitrogens is 1. The van der Waals surface area contributed by atoms with Crippen LogP contribution < -0.4 is 5.32 Å². The van der Waals surface area contributed by atoms with Gasteiger partial charge in [-0.3, -0.25) is 14.6 Å². The minimum absolute atomic E-state index is 0.0359. The van der Waals surface area contributed by atoms with Crippen LogP contribution >= 0.6 is 0 Å². The molecule has 0 unspecified atom stereocenters. The van der Waals surface area contributed by atoms with Crippen LogP contribution in [0, 0.1) is 6.92 Å². The summed E-state index contributed by atoms with van der Waals surface area (Å²) in [5.41, 5.74) is 5.49. The van der Waals surface area contributed by atoms with Crippen molar-refractivity contribution in [1.29, 1.82) is 0 Å². The molecule has 0 aliphatic carbocycles. The van der Waals surface area contributed by atoms with Crippen molar-refractivity contribution < 1.29 is 9.59 Å². The maximum atomic E-state index is 13.1. The van der Waals surface area contributed by atoms with E-state index >= 15 is 0 Å². The molecule has 2 aromatic carbocycles. The fourth-order valence-corrected chi connectivity index (χ4v) is 4.33. The molecule has 1 aliphatic rings. The molecule has 4 rings (SSSR count). The highest BCUT2D eigenvalue weighted by Crippen LogP contribution is 2.27. The zero-order valence-corrected chi connectivity index (χ0v) is 18.5. The second-order valence-corrected chi connectivity index (χ2v) is 8.30. The summed E-state index contributed by atoms with van der Waals surface area (Å²) in [7, 11) is 0. The average Bonchev–Trinajstić information content (AvgIpc) is 2.81. The van der Waals surface area contributed by atoms with Gasteiger partial charge in [-0.1, -0.05) is 60.2 Å². The number of rotatable bonds is 7. The lowest BCUT2D eigenvalue weighted by Crippen LogP contribution is -2.58. The molecular weight excluding hydrogens is 398 g/mol. The first-order valence-corrected chi connectivity index (χ1v) is 11.2. The number of pyridine rings is 1. The Kier molecular flexibility index (Phi) is 6.95. The summed E-state index contributed by atoms with van der Waals surface area (Å²) in [4.78, 5) is 31.9. The largest absolute Gasteiger partial charge is 0.353 e. The van der Waals surface area contributed by atoms with Gasteiger partial charge in [0.05, 0.1) is 0 Å². The van der Waals surface area contributed by atoms with Gasteiger partial charge in [-0.15, -0.1) is 0 Å². The summed E-state index contributed by atoms with van der Waals surface area (Å²) in [6, 6.07) is 21.9. The van der Waals surface area contributed by atoms with Crippen LogP contribution in [0.4, 0.5) is 0 Å². The van der Waals surface area contributed by atoms with Crippen LogP contribution in [0.25, 0.3) is 11.1 Å². The molecule has 0 bridgehead atoms. The van der Waals surface area contributed by atoms with E-state index < -0.39 is 6.04 Å². The lowest BCUT2D eigenvalue weighted by Gasteiger charge is -2.35. The number of benzene rings is 2. The van der Waals surface area contributed by atoms with Crippen molar-refractivity contribution >= 4 is 11.8 Å². The van der Waals surface area contributed by atoms with Gasteiger partial charge in [0.15, 0.2) is 0 Å². The number of nitrogens with one attached hydrogen (secondary N) is 1. The Labute approximate surface area is 189 Å². The molecule has 1 aliphatic heterocycles. The molecule has 1 fully saturated rings. The highest BCUT2D eigenvalue weighted by Gasteiger charge is 2.33. The van der Waals surface area contributed by atoms with Crippen LogP contribution in [0.2, 0.25) is 0 Å². The van der Waals surface area contributed by atoms with E-state index in [1.165, 1.54) is 5.56 Å². The van der Waals surface area contributed by atoms with Gasteiger partial charge in [-0.05, 0) is 48.6 Å². The van der Waals surface area contributed by atoms with Crippen molar-refractivity contribution in [2.24, 2.45) is 0 Å². The van der Waals surface area contributed by atoms with Gasteiger partial charge in [0.1, 0.15) is 6.04 Å². The number of carbonyl (C=O) groups is 2. The molecule has 1 N–H and O–H groups in total. The van der Waals surface area contributed by atoms with Crippen molar-refractivity contribution in [2.75, 3.05) is 13.1 Å². The van der Waals surface area contributed by atoms with E-state index in [4.69, 9.17) is 0 Å². The van der Waals surface area contributed by atoms with E-state index in [0.717, 1.165) is 35.2 Å². The van der Waals surface area contributed by atoms with Gasteiger partial charge >= 0.3 is 0 Å². The lowest BCUT2D eigenvalue weighted by atomic mass is 9.93. The fourth-order valence-electron chi connectivity index (χ4n) is 4.33. The Morgan fingerprint density at radius 1 is 1.09 bits per heavy atom. The first-order chi connectivity index (χ1) is 15.6. The van der Waals surface area contributed by atoms with Crippen molar-refractivity contribution in [3.8, 4) is 11.1 Å². The van der Waals surface area contributed by atoms with Crippen LogP contribution in [-0.4, -0.2) is 40.8 Å². The second kappa shape index (κ2) is 10.2. The standard InChI is InChI=1S/C27H29N3O2/c1-20-8-6-10-21(18-20)24-13-3-2-9-22(24)19-25-27(32)29-16-17-30(25)26(31)14-7-12-23-11-4-5-15-28-23/h2-6,8-11,13,15,18,25H,7,12,14,16-17,19H2,1H3,(H,29,32)/t25-/m1/s1. The van der Waals surface area contributed by atoms with Crippen LogP contribution in [0.3, 0.4) is 0 Å². The quantitative estimate of drug-likeness (QED) is 0.621. The molecule has 5 heteroatoms. The number of amides is 2. The fraction of sp³-hybridized carbons (Fsp3) is 0.296. The Bertz CT molecular complexity index is 1080. The van der Waals surface area contributed by atoms with E-state index in [-0.39, 0.29) is 11.8 Å². The molecule has 32 heavy (non-hydrogen) atoms. The predicted octanol–water partition coefficient (Wildman–Crippen LogP) is 3.95. The number of hydrogen-bond acceptors (Lipinski definition) is 3. The smallest absolute Gasteiger partial charge is 0.243 e. The molecule has 0 spiro atoms. The van der Waals surface area contributed by atoms with Gasteiger partial charge in [-0.2, -0.15) is 0 Å². The van der Waals surface area contributed by atoms with E-state index in [1.54, 1.807) is 11.1 Å². The molecule has 2 amide bonds. The minimum Gasteiger partial charge on any atom is -0.353 e. The zero-order chi connectivity index (χ0) is 22.3. The van der Waals surface area contributed by atoms with Crippen LogP contribution in [0.5, 0.6) is 0 Å². The highest BCUT2D eigenvalue weighted by molar-refractivity contribution is 5.89. The van der Waals surface area contributed by atoms with E-state index in [0.29, 0.717) is 25.9 Å². The maximum Gasteiger partial charge on any atom is 0.243 e. The highest BCUT2D eigenvalue weighted by atomic mass is 16.2. The minimum atomic E-state index is -0.489. The van der Waals surface area contributed by atoms with Crippen molar-refractivity contribution in [3.63, 3.8) is 0 Å². The Balaban J connectivity index is 1.49.